The number of carbonyl (C=O) groups is 1. The Kier molecular flexibility index (Phi) is 25.2. The molecule has 0 atom stereocenters. The van der Waals surface area contributed by atoms with Crippen molar-refractivity contribution in [2.45, 2.75) is 93.9 Å². The van der Waals surface area contributed by atoms with Crippen molar-refractivity contribution in [2.75, 3.05) is 0 Å². The van der Waals surface area contributed by atoms with E-state index >= 15 is 0 Å². The Morgan fingerprint density at radius 1 is 0.920 bits per heavy atom. The summed E-state index contributed by atoms with van der Waals surface area (Å²) in [6, 6.07) is 5.70. The first-order chi connectivity index (χ1) is 11.7. The van der Waals surface area contributed by atoms with Crippen molar-refractivity contribution in [2.24, 2.45) is 5.92 Å². The number of ketones is 1. The van der Waals surface area contributed by atoms with E-state index in [4.69, 9.17) is 23.2 Å². The molecule has 25 heavy (non-hydrogen) atoms. The number of Topliss-reactive ketones (excluding diaryl/α,β-unsaturated/α-hetero) is 1. The maximum atomic E-state index is 9.44. The fourth-order valence-electron chi connectivity index (χ4n) is 1.89. The Morgan fingerprint density at radius 3 is 1.60 bits per heavy atom. The maximum Gasteiger partial charge on any atom is 0.126 e. The van der Waals surface area contributed by atoms with Gasteiger partial charge in [-0.1, -0.05) is 103 Å². The lowest BCUT2D eigenvalue weighted by atomic mass is 10.0. The van der Waals surface area contributed by atoms with Crippen LogP contribution < -0.4 is 0 Å². The Labute approximate surface area is 167 Å². The van der Waals surface area contributed by atoms with Crippen molar-refractivity contribution in [1.29, 1.82) is 0 Å². The second-order valence-electron chi connectivity index (χ2n) is 6.40. The molecule has 1 aromatic rings. The predicted octanol–water partition coefficient (Wildman–Crippen LogP) is 8.79. The fraction of sp³-hybridized carbons (Fsp3) is 0.682. The van der Waals surface area contributed by atoms with Gasteiger partial charge in [-0.15, -0.1) is 0 Å². The summed E-state index contributed by atoms with van der Waals surface area (Å²) < 4.78 is 0. The SMILES string of the molecule is CC(C)=O.CCC.CCCC(C)CCC.CCc1ccc(Cl)c(Cl)c1. The van der Waals surface area contributed by atoms with Gasteiger partial charge in [-0.05, 0) is 43.9 Å². The molecular weight excluding hydrogens is 351 g/mol. The van der Waals surface area contributed by atoms with E-state index in [9.17, 15) is 4.79 Å². The molecule has 0 saturated heterocycles. The summed E-state index contributed by atoms with van der Waals surface area (Å²) in [5.41, 5.74) is 1.22. The van der Waals surface area contributed by atoms with Crippen molar-refractivity contribution < 1.29 is 4.79 Å². The lowest BCUT2D eigenvalue weighted by Crippen LogP contribution is -1.91. The zero-order valence-electron chi connectivity index (χ0n) is 17.7. The molecule has 148 valence electrons. The Balaban J connectivity index is -0.000000289. The van der Waals surface area contributed by atoms with Gasteiger partial charge in [0.2, 0.25) is 0 Å². The molecule has 0 fully saturated rings. The summed E-state index contributed by atoms with van der Waals surface area (Å²) in [4.78, 5) is 9.44. The van der Waals surface area contributed by atoms with Crippen LogP contribution in [0, 0.1) is 5.92 Å². The molecule has 0 aromatic heterocycles. The third kappa shape index (κ3) is 25.8. The van der Waals surface area contributed by atoms with Gasteiger partial charge in [-0.3, -0.25) is 0 Å². The van der Waals surface area contributed by atoms with Crippen LogP contribution >= 0.6 is 23.2 Å². The first-order valence-corrected chi connectivity index (χ1v) is 10.4. The third-order valence-corrected chi connectivity index (χ3v) is 3.69. The predicted molar refractivity (Wildman–Crippen MR) is 117 cm³/mol. The van der Waals surface area contributed by atoms with E-state index in [0.29, 0.717) is 10.0 Å². The van der Waals surface area contributed by atoms with Crippen molar-refractivity contribution in [3.05, 3.63) is 33.8 Å². The number of carbonyl (C=O) groups excluding carboxylic acids is 1. The zero-order valence-corrected chi connectivity index (χ0v) is 19.2. The van der Waals surface area contributed by atoms with Crippen LogP contribution in [0.3, 0.4) is 0 Å². The van der Waals surface area contributed by atoms with Gasteiger partial charge in [0.05, 0.1) is 10.0 Å². The molecule has 0 aliphatic carbocycles. The minimum Gasteiger partial charge on any atom is -0.300 e. The van der Waals surface area contributed by atoms with Crippen molar-refractivity contribution in [1.82, 2.24) is 0 Å². The van der Waals surface area contributed by atoms with E-state index in [1.165, 1.54) is 51.5 Å². The Morgan fingerprint density at radius 2 is 1.32 bits per heavy atom. The molecule has 0 bridgehead atoms. The summed E-state index contributed by atoms with van der Waals surface area (Å²) in [5, 5.41) is 1.26. The molecule has 3 heteroatoms. The highest BCUT2D eigenvalue weighted by atomic mass is 35.5. The molecule has 1 nitrogen and oxygen atoms in total. The second-order valence-corrected chi connectivity index (χ2v) is 7.21. The van der Waals surface area contributed by atoms with Crippen LogP contribution in [0.4, 0.5) is 0 Å². The summed E-state index contributed by atoms with van der Waals surface area (Å²) in [7, 11) is 0. The fourth-order valence-corrected chi connectivity index (χ4v) is 2.21. The Hall–Kier alpha value is -0.530. The molecule has 1 aromatic carbocycles. The van der Waals surface area contributed by atoms with Crippen LogP contribution in [0.1, 0.15) is 93.1 Å². The van der Waals surface area contributed by atoms with E-state index in [1.807, 2.05) is 18.2 Å². The molecule has 0 saturated carbocycles. The molecule has 0 radical (unpaired) electrons. The van der Waals surface area contributed by atoms with Crippen LogP contribution in [0.2, 0.25) is 10.0 Å². The van der Waals surface area contributed by atoms with E-state index < -0.39 is 0 Å². The molecule has 0 aliphatic rings. The van der Waals surface area contributed by atoms with Crippen molar-refractivity contribution >= 4 is 29.0 Å². The highest BCUT2D eigenvalue weighted by molar-refractivity contribution is 6.42. The Bertz CT molecular complexity index is 406. The van der Waals surface area contributed by atoms with E-state index in [1.54, 1.807) is 0 Å². The molecule has 0 unspecified atom stereocenters. The molecular formula is C22H40Cl2O. The normalized spacial score (nSPS) is 9.08. The molecule has 0 heterocycles. The first kappa shape index (κ1) is 29.2. The molecule has 0 amide bonds. The number of hydrogen-bond acceptors (Lipinski definition) is 1. The number of hydrogen-bond donors (Lipinski definition) is 0. The van der Waals surface area contributed by atoms with Crippen LogP contribution in [-0.2, 0) is 11.2 Å². The zero-order chi connectivity index (χ0) is 20.3. The van der Waals surface area contributed by atoms with Gasteiger partial charge in [0, 0.05) is 0 Å². The lowest BCUT2D eigenvalue weighted by molar-refractivity contribution is -0.114. The maximum absolute atomic E-state index is 9.44. The summed E-state index contributed by atoms with van der Waals surface area (Å²) in [6.45, 7) is 16.2. The highest BCUT2D eigenvalue weighted by Gasteiger charge is 1.96. The van der Waals surface area contributed by atoms with Gasteiger partial charge >= 0.3 is 0 Å². The number of rotatable bonds is 5. The standard InChI is InChI=1S/C8H8Cl2.C8H18.C3H6O.C3H8/c1-2-6-3-4-7(9)8(10)5-6;1-4-6-8(3)7-5-2;1-3(2)4;1-3-2/h3-5H,2H2,1H3;8H,4-7H2,1-3H3;1-2H3;3H2,1-2H3. The highest BCUT2D eigenvalue weighted by Crippen LogP contribution is 2.22. The summed E-state index contributed by atoms with van der Waals surface area (Å²) in [6.07, 6.45) is 7.76. The van der Waals surface area contributed by atoms with Crippen molar-refractivity contribution in [3.63, 3.8) is 0 Å². The second kappa shape index (κ2) is 21.5. The molecule has 0 N–H and O–H groups in total. The minimum atomic E-state index is 0.167. The van der Waals surface area contributed by atoms with Crippen molar-refractivity contribution in [3.8, 4) is 0 Å². The van der Waals surface area contributed by atoms with Crippen LogP contribution in [0.15, 0.2) is 18.2 Å². The number of aryl methyl sites for hydroxylation is 1. The summed E-state index contributed by atoms with van der Waals surface area (Å²) >= 11 is 11.5. The van der Waals surface area contributed by atoms with Gasteiger partial charge < -0.3 is 4.79 Å². The average molecular weight is 391 g/mol. The molecule has 0 spiro atoms. The van der Waals surface area contributed by atoms with Gasteiger partial charge in [0.25, 0.3) is 0 Å². The largest absolute Gasteiger partial charge is 0.300 e. The average Bonchev–Trinajstić information content (AvgIpc) is 2.51. The molecule has 1 rings (SSSR count). The topological polar surface area (TPSA) is 17.1 Å². The smallest absolute Gasteiger partial charge is 0.126 e. The number of halogens is 2. The summed E-state index contributed by atoms with van der Waals surface area (Å²) in [5.74, 6) is 1.13. The molecule has 0 aliphatic heterocycles. The van der Waals surface area contributed by atoms with Gasteiger partial charge in [-0.25, -0.2) is 0 Å². The first-order valence-electron chi connectivity index (χ1n) is 9.60. The van der Waals surface area contributed by atoms with Gasteiger partial charge in [-0.2, -0.15) is 0 Å². The van der Waals surface area contributed by atoms with Crippen LogP contribution in [0.5, 0.6) is 0 Å². The van der Waals surface area contributed by atoms with E-state index in [0.717, 1.165) is 12.3 Å². The van der Waals surface area contributed by atoms with Gasteiger partial charge in [0.15, 0.2) is 0 Å². The quantitative estimate of drug-likeness (QED) is 0.490. The third-order valence-electron chi connectivity index (χ3n) is 2.96. The minimum absolute atomic E-state index is 0.167. The van der Waals surface area contributed by atoms with E-state index in [-0.39, 0.29) is 5.78 Å². The number of benzene rings is 1. The van der Waals surface area contributed by atoms with Gasteiger partial charge in [0.1, 0.15) is 5.78 Å². The van der Waals surface area contributed by atoms with E-state index in [2.05, 4.69) is 41.5 Å². The monoisotopic (exact) mass is 390 g/mol. The lowest BCUT2D eigenvalue weighted by Gasteiger charge is -2.05. The van der Waals surface area contributed by atoms with Crippen LogP contribution in [-0.4, -0.2) is 5.78 Å². The van der Waals surface area contributed by atoms with Crippen LogP contribution in [0.25, 0.3) is 0 Å².